The highest BCUT2D eigenvalue weighted by molar-refractivity contribution is 9.10. The molecule has 0 N–H and O–H groups in total. The lowest BCUT2D eigenvalue weighted by atomic mass is 10.1. The van der Waals surface area contributed by atoms with E-state index in [1.165, 1.54) is 6.92 Å². The molecule has 0 aromatic heterocycles. The van der Waals surface area contributed by atoms with Gasteiger partial charge in [-0.1, -0.05) is 34.6 Å². The SMILES string of the molecule is C=CC(OC(C)=O)c1cccc(Br)c1. The minimum Gasteiger partial charge on any atom is -0.453 e. The first-order valence-corrected chi connectivity index (χ1v) is 4.98. The quantitative estimate of drug-likeness (QED) is 0.612. The number of hydrogen-bond acceptors (Lipinski definition) is 2. The van der Waals surface area contributed by atoms with Gasteiger partial charge in [0, 0.05) is 11.4 Å². The van der Waals surface area contributed by atoms with Crippen LogP contribution in [0.1, 0.15) is 18.6 Å². The Bertz CT molecular complexity index is 347. The monoisotopic (exact) mass is 254 g/mol. The van der Waals surface area contributed by atoms with Crippen LogP contribution in [-0.4, -0.2) is 5.97 Å². The van der Waals surface area contributed by atoms with Gasteiger partial charge < -0.3 is 4.74 Å². The van der Waals surface area contributed by atoms with Gasteiger partial charge in [0.15, 0.2) is 0 Å². The standard InChI is InChI=1S/C11H11BrO2/c1-3-11(14-8(2)13)9-5-4-6-10(12)7-9/h3-7,11H,1H2,2H3. The normalized spacial score (nSPS) is 11.9. The predicted molar refractivity (Wildman–Crippen MR) is 58.8 cm³/mol. The second kappa shape index (κ2) is 4.96. The third-order valence-corrected chi connectivity index (χ3v) is 2.18. The van der Waals surface area contributed by atoms with E-state index in [4.69, 9.17) is 4.74 Å². The second-order valence-corrected chi connectivity index (χ2v) is 3.74. The molecule has 1 aromatic carbocycles. The summed E-state index contributed by atoms with van der Waals surface area (Å²) in [5, 5.41) is 0. The van der Waals surface area contributed by atoms with E-state index in [1.807, 2.05) is 24.3 Å². The van der Waals surface area contributed by atoms with Crippen molar-refractivity contribution in [2.75, 3.05) is 0 Å². The van der Waals surface area contributed by atoms with Crippen molar-refractivity contribution in [2.24, 2.45) is 0 Å². The fourth-order valence-corrected chi connectivity index (χ4v) is 1.53. The van der Waals surface area contributed by atoms with Crippen LogP contribution in [-0.2, 0) is 9.53 Å². The van der Waals surface area contributed by atoms with Crippen LogP contribution < -0.4 is 0 Å². The molecular formula is C11H11BrO2. The summed E-state index contributed by atoms with van der Waals surface area (Å²) in [5.74, 6) is -0.310. The fourth-order valence-electron chi connectivity index (χ4n) is 1.11. The van der Waals surface area contributed by atoms with Crippen molar-refractivity contribution in [3.63, 3.8) is 0 Å². The minimum atomic E-state index is -0.370. The van der Waals surface area contributed by atoms with E-state index in [2.05, 4.69) is 22.5 Å². The molecular weight excluding hydrogens is 244 g/mol. The lowest BCUT2D eigenvalue weighted by Crippen LogP contribution is -2.05. The summed E-state index contributed by atoms with van der Waals surface area (Å²) in [6.07, 6.45) is 1.23. The van der Waals surface area contributed by atoms with Gasteiger partial charge in [0.05, 0.1) is 0 Å². The zero-order chi connectivity index (χ0) is 10.6. The van der Waals surface area contributed by atoms with Gasteiger partial charge in [-0.2, -0.15) is 0 Å². The van der Waals surface area contributed by atoms with Crippen LogP contribution in [0.25, 0.3) is 0 Å². The van der Waals surface area contributed by atoms with Crippen molar-refractivity contribution in [1.82, 2.24) is 0 Å². The average Bonchev–Trinajstić information content (AvgIpc) is 2.14. The van der Waals surface area contributed by atoms with E-state index in [0.717, 1.165) is 10.0 Å². The summed E-state index contributed by atoms with van der Waals surface area (Å²) >= 11 is 3.35. The summed E-state index contributed by atoms with van der Waals surface area (Å²) < 4.78 is 6.02. The van der Waals surface area contributed by atoms with Crippen LogP contribution in [0.5, 0.6) is 0 Å². The molecule has 0 fully saturated rings. The lowest BCUT2D eigenvalue weighted by Gasteiger charge is -2.12. The van der Waals surface area contributed by atoms with Gasteiger partial charge in [-0.25, -0.2) is 0 Å². The van der Waals surface area contributed by atoms with Crippen LogP contribution in [0.2, 0.25) is 0 Å². The van der Waals surface area contributed by atoms with Gasteiger partial charge >= 0.3 is 5.97 Å². The van der Waals surface area contributed by atoms with Crippen molar-refractivity contribution in [3.8, 4) is 0 Å². The molecule has 1 atom stereocenters. The number of hydrogen-bond donors (Lipinski definition) is 0. The molecule has 0 aliphatic heterocycles. The van der Waals surface area contributed by atoms with Gasteiger partial charge in [0.2, 0.25) is 0 Å². The highest BCUT2D eigenvalue weighted by atomic mass is 79.9. The Hall–Kier alpha value is -1.09. The summed E-state index contributed by atoms with van der Waals surface area (Å²) in [4.78, 5) is 10.8. The first-order chi connectivity index (χ1) is 6.63. The number of halogens is 1. The molecule has 0 saturated heterocycles. The molecule has 0 spiro atoms. The molecule has 0 saturated carbocycles. The summed E-state index contributed by atoms with van der Waals surface area (Å²) in [5.41, 5.74) is 0.907. The zero-order valence-electron chi connectivity index (χ0n) is 7.87. The van der Waals surface area contributed by atoms with Gasteiger partial charge in [-0.15, -0.1) is 0 Å². The number of esters is 1. The van der Waals surface area contributed by atoms with Crippen LogP contribution >= 0.6 is 15.9 Å². The van der Waals surface area contributed by atoms with E-state index < -0.39 is 0 Å². The Morgan fingerprint density at radius 3 is 2.86 bits per heavy atom. The first kappa shape index (κ1) is 11.0. The van der Waals surface area contributed by atoms with E-state index >= 15 is 0 Å². The third kappa shape index (κ3) is 3.00. The molecule has 0 amide bonds. The molecule has 1 rings (SSSR count). The maximum absolute atomic E-state index is 10.8. The number of carbonyl (C=O) groups excluding carboxylic acids is 1. The van der Waals surface area contributed by atoms with Gasteiger partial charge in [-0.05, 0) is 23.8 Å². The molecule has 0 aliphatic carbocycles. The molecule has 14 heavy (non-hydrogen) atoms. The highest BCUT2D eigenvalue weighted by Crippen LogP contribution is 2.21. The molecule has 2 nitrogen and oxygen atoms in total. The Balaban J connectivity index is 2.89. The predicted octanol–water partition coefficient (Wildman–Crippen LogP) is 3.24. The maximum Gasteiger partial charge on any atom is 0.303 e. The topological polar surface area (TPSA) is 26.3 Å². The van der Waals surface area contributed by atoms with Gasteiger partial charge in [-0.3, -0.25) is 4.79 Å². The van der Waals surface area contributed by atoms with Crippen LogP contribution in [0.3, 0.4) is 0 Å². The van der Waals surface area contributed by atoms with Crippen molar-refractivity contribution in [3.05, 3.63) is 47.0 Å². The van der Waals surface area contributed by atoms with Gasteiger partial charge in [0.25, 0.3) is 0 Å². The molecule has 74 valence electrons. The van der Waals surface area contributed by atoms with Gasteiger partial charge in [0.1, 0.15) is 6.10 Å². The largest absolute Gasteiger partial charge is 0.453 e. The molecule has 0 radical (unpaired) electrons. The number of benzene rings is 1. The molecule has 0 aliphatic rings. The number of ether oxygens (including phenoxy) is 1. The van der Waals surface area contributed by atoms with E-state index in [9.17, 15) is 4.79 Å². The average molecular weight is 255 g/mol. The van der Waals surface area contributed by atoms with Crippen molar-refractivity contribution in [1.29, 1.82) is 0 Å². The Kier molecular flexibility index (Phi) is 3.89. The summed E-state index contributed by atoms with van der Waals surface area (Å²) in [6.45, 7) is 5.01. The number of rotatable bonds is 3. The van der Waals surface area contributed by atoms with Crippen LogP contribution in [0.15, 0.2) is 41.4 Å². The molecule has 0 heterocycles. The van der Waals surface area contributed by atoms with Crippen LogP contribution in [0, 0.1) is 0 Å². The van der Waals surface area contributed by atoms with Crippen molar-refractivity contribution >= 4 is 21.9 Å². The minimum absolute atomic E-state index is 0.310. The van der Waals surface area contributed by atoms with E-state index in [-0.39, 0.29) is 12.1 Å². The third-order valence-electron chi connectivity index (χ3n) is 1.68. The van der Waals surface area contributed by atoms with Crippen molar-refractivity contribution in [2.45, 2.75) is 13.0 Å². The highest BCUT2D eigenvalue weighted by Gasteiger charge is 2.10. The van der Waals surface area contributed by atoms with E-state index in [0.29, 0.717) is 0 Å². The Morgan fingerprint density at radius 2 is 2.36 bits per heavy atom. The molecule has 0 bridgehead atoms. The van der Waals surface area contributed by atoms with Crippen molar-refractivity contribution < 1.29 is 9.53 Å². The lowest BCUT2D eigenvalue weighted by molar-refractivity contribution is -0.144. The first-order valence-electron chi connectivity index (χ1n) is 4.18. The molecule has 1 unspecified atom stereocenters. The Morgan fingerprint density at radius 1 is 1.64 bits per heavy atom. The maximum atomic E-state index is 10.8. The summed E-state index contributed by atoms with van der Waals surface area (Å²) in [7, 11) is 0. The Labute approximate surface area is 91.7 Å². The fraction of sp³-hybridized carbons (Fsp3) is 0.182. The van der Waals surface area contributed by atoms with E-state index in [1.54, 1.807) is 6.08 Å². The number of carbonyl (C=O) groups is 1. The smallest absolute Gasteiger partial charge is 0.303 e. The molecule has 1 aromatic rings. The zero-order valence-corrected chi connectivity index (χ0v) is 9.45. The molecule has 3 heteroatoms. The summed E-state index contributed by atoms with van der Waals surface area (Å²) in [6, 6.07) is 7.59. The second-order valence-electron chi connectivity index (χ2n) is 2.82. The van der Waals surface area contributed by atoms with Crippen LogP contribution in [0.4, 0.5) is 0 Å².